The molecule has 0 aliphatic carbocycles. The number of hydrogen-bond acceptors (Lipinski definition) is 4. The second kappa shape index (κ2) is 8.13. The number of piperidine rings is 1. The Bertz CT molecular complexity index is 734. The van der Waals surface area contributed by atoms with E-state index in [0.29, 0.717) is 12.5 Å². The molecule has 3 rings (SSSR count). The molecule has 0 spiro atoms. The lowest BCUT2D eigenvalue weighted by molar-refractivity contribution is -0.131. The molecule has 0 unspecified atom stereocenters. The van der Waals surface area contributed by atoms with Gasteiger partial charge in [0.25, 0.3) is 0 Å². The standard InChI is InChI=1S/C21H28N4O/c1-24(2)18-9-7-16(8-10-18)15-21(26)25-13-11-17(12-14-25)23-20-6-4-3-5-19(20)22/h3-10,17,23H,11-15,22H2,1-2H3. The Morgan fingerprint density at radius 1 is 1.12 bits per heavy atom. The fourth-order valence-electron chi connectivity index (χ4n) is 3.32. The van der Waals surface area contributed by atoms with Crippen molar-refractivity contribution in [3.05, 3.63) is 54.1 Å². The summed E-state index contributed by atoms with van der Waals surface area (Å²) in [5.41, 5.74) is 9.97. The Hall–Kier alpha value is -2.69. The van der Waals surface area contributed by atoms with E-state index in [9.17, 15) is 4.79 Å². The molecule has 26 heavy (non-hydrogen) atoms. The lowest BCUT2D eigenvalue weighted by Gasteiger charge is -2.33. The van der Waals surface area contributed by atoms with Gasteiger partial charge in [0.2, 0.25) is 5.91 Å². The first kappa shape index (κ1) is 18.1. The first-order valence-corrected chi connectivity index (χ1v) is 9.18. The molecule has 1 saturated heterocycles. The van der Waals surface area contributed by atoms with Crippen LogP contribution in [0.3, 0.4) is 0 Å². The molecule has 1 amide bonds. The van der Waals surface area contributed by atoms with Crippen molar-refractivity contribution in [1.29, 1.82) is 0 Å². The highest BCUT2D eigenvalue weighted by atomic mass is 16.2. The zero-order chi connectivity index (χ0) is 18.5. The van der Waals surface area contributed by atoms with Gasteiger partial charge in [0, 0.05) is 38.9 Å². The van der Waals surface area contributed by atoms with E-state index >= 15 is 0 Å². The third-order valence-electron chi connectivity index (χ3n) is 4.98. The lowest BCUT2D eigenvalue weighted by atomic mass is 10.0. The minimum atomic E-state index is 0.209. The number of nitrogen functional groups attached to an aromatic ring is 1. The van der Waals surface area contributed by atoms with Crippen LogP contribution in [0.4, 0.5) is 17.1 Å². The van der Waals surface area contributed by atoms with Gasteiger partial charge in [0.1, 0.15) is 0 Å². The van der Waals surface area contributed by atoms with Crippen LogP contribution < -0.4 is 16.0 Å². The highest BCUT2D eigenvalue weighted by Crippen LogP contribution is 2.22. The zero-order valence-corrected chi connectivity index (χ0v) is 15.6. The number of rotatable bonds is 5. The number of para-hydroxylation sites is 2. The van der Waals surface area contributed by atoms with E-state index in [4.69, 9.17) is 5.73 Å². The van der Waals surface area contributed by atoms with Crippen LogP contribution >= 0.6 is 0 Å². The molecule has 5 heteroatoms. The topological polar surface area (TPSA) is 61.6 Å². The predicted molar refractivity (Wildman–Crippen MR) is 109 cm³/mol. The van der Waals surface area contributed by atoms with Crippen LogP contribution in [0.5, 0.6) is 0 Å². The molecule has 1 heterocycles. The van der Waals surface area contributed by atoms with Crippen molar-refractivity contribution in [3.8, 4) is 0 Å². The molecule has 0 bridgehead atoms. The molecule has 0 saturated carbocycles. The van der Waals surface area contributed by atoms with Gasteiger partial charge in [0.05, 0.1) is 17.8 Å². The summed E-state index contributed by atoms with van der Waals surface area (Å²) in [6.45, 7) is 1.58. The number of nitrogens with one attached hydrogen (secondary N) is 1. The minimum Gasteiger partial charge on any atom is -0.397 e. The van der Waals surface area contributed by atoms with E-state index in [1.807, 2.05) is 55.4 Å². The number of anilines is 3. The molecule has 0 radical (unpaired) electrons. The average Bonchev–Trinajstić information content (AvgIpc) is 2.64. The number of carbonyl (C=O) groups excluding carboxylic acids is 1. The van der Waals surface area contributed by atoms with E-state index < -0.39 is 0 Å². The molecular weight excluding hydrogens is 324 g/mol. The van der Waals surface area contributed by atoms with Gasteiger partial charge in [-0.15, -0.1) is 0 Å². The fourth-order valence-corrected chi connectivity index (χ4v) is 3.32. The molecule has 1 fully saturated rings. The normalized spacial score (nSPS) is 14.9. The van der Waals surface area contributed by atoms with E-state index in [1.165, 1.54) is 0 Å². The molecule has 1 aliphatic heterocycles. The van der Waals surface area contributed by atoms with Gasteiger partial charge in [-0.25, -0.2) is 0 Å². The van der Waals surface area contributed by atoms with Gasteiger partial charge in [-0.05, 0) is 42.7 Å². The summed E-state index contributed by atoms with van der Waals surface area (Å²) in [5.74, 6) is 0.209. The van der Waals surface area contributed by atoms with Gasteiger partial charge in [-0.3, -0.25) is 4.79 Å². The Kier molecular flexibility index (Phi) is 5.66. The predicted octanol–water partition coefficient (Wildman–Crippen LogP) is 2.98. The first-order chi connectivity index (χ1) is 12.5. The Balaban J connectivity index is 1.49. The quantitative estimate of drug-likeness (QED) is 0.812. The maximum atomic E-state index is 12.6. The second-order valence-electron chi connectivity index (χ2n) is 7.12. The van der Waals surface area contributed by atoms with Crippen molar-refractivity contribution >= 4 is 23.0 Å². The van der Waals surface area contributed by atoms with E-state index in [1.54, 1.807) is 0 Å². The van der Waals surface area contributed by atoms with Crippen LogP contribution in [0.1, 0.15) is 18.4 Å². The average molecular weight is 352 g/mol. The third-order valence-corrected chi connectivity index (χ3v) is 4.98. The number of carbonyl (C=O) groups is 1. The molecule has 0 aromatic heterocycles. The number of nitrogens with zero attached hydrogens (tertiary/aromatic N) is 2. The summed E-state index contributed by atoms with van der Waals surface area (Å²) in [6.07, 6.45) is 2.36. The number of nitrogens with two attached hydrogens (primary N) is 1. The van der Waals surface area contributed by atoms with Crippen molar-refractivity contribution in [2.75, 3.05) is 43.1 Å². The maximum Gasteiger partial charge on any atom is 0.226 e. The van der Waals surface area contributed by atoms with Crippen molar-refractivity contribution in [1.82, 2.24) is 4.90 Å². The fraction of sp³-hybridized carbons (Fsp3) is 0.381. The van der Waals surface area contributed by atoms with E-state index in [2.05, 4.69) is 22.3 Å². The molecule has 2 aromatic rings. The number of amides is 1. The lowest BCUT2D eigenvalue weighted by Crippen LogP contribution is -2.43. The summed E-state index contributed by atoms with van der Waals surface area (Å²) in [6, 6.07) is 16.4. The summed E-state index contributed by atoms with van der Waals surface area (Å²) >= 11 is 0. The number of benzene rings is 2. The molecule has 2 aromatic carbocycles. The smallest absolute Gasteiger partial charge is 0.226 e. The van der Waals surface area contributed by atoms with Crippen molar-refractivity contribution in [2.24, 2.45) is 0 Å². The van der Waals surface area contributed by atoms with Crippen LogP contribution in [0.15, 0.2) is 48.5 Å². The minimum absolute atomic E-state index is 0.209. The van der Waals surface area contributed by atoms with Crippen LogP contribution in [0.2, 0.25) is 0 Å². The van der Waals surface area contributed by atoms with Crippen LogP contribution in [-0.4, -0.2) is 44.0 Å². The van der Waals surface area contributed by atoms with Gasteiger partial charge < -0.3 is 20.9 Å². The van der Waals surface area contributed by atoms with Gasteiger partial charge >= 0.3 is 0 Å². The van der Waals surface area contributed by atoms with Crippen molar-refractivity contribution in [3.63, 3.8) is 0 Å². The van der Waals surface area contributed by atoms with Gasteiger partial charge in [-0.2, -0.15) is 0 Å². The number of likely N-dealkylation sites (tertiary alicyclic amines) is 1. The van der Waals surface area contributed by atoms with Crippen LogP contribution in [0, 0.1) is 0 Å². The van der Waals surface area contributed by atoms with Crippen molar-refractivity contribution in [2.45, 2.75) is 25.3 Å². The second-order valence-corrected chi connectivity index (χ2v) is 7.12. The Labute approximate surface area is 155 Å². The number of hydrogen-bond donors (Lipinski definition) is 2. The largest absolute Gasteiger partial charge is 0.397 e. The summed E-state index contributed by atoms with van der Waals surface area (Å²) in [5, 5.41) is 3.51. The van der Waals surface area contributed by atoms with E-state index in [-0.39, 0.29) is 5.91 Å². The molecule has 0 atom stereocenters. The molecule has 1 aliphatic rings. The van der Waals surface area contributed by atoms with Gasteiger partial charge in [0.15, 0.2) is 0 Å². The monoisotopic (exact) mass is 352 g/mol. The highest BCUT2D eigenvalue weighted by Gasteiger charge is 2.23. The van der Waals surface area contributed by atoms with Crippen LogP contribution in [0.25, 0.3) is 0 Å². The Morgan fingerprint density at radius 3 is 2.38 bits per heavy atom. The first-order valence-electron chi connectivity index (χ1n) is 9.18. The molecular formula is C21H28N4O. The molecule has 5 nitrogen and oxygen atoms in total. The van der Waals surface area contributed by atoms with Crippen molar-refractivity contribution < 1.29 is 4.79 Å². The summed E-state index contributed by atoms with van der Waals surface area (Å²) < 4.78 is 0. The Morgan fingerprint density at radius 2 is 1.77 bits per heavy atom. The third kappa shape index (κ3) is 4.48. The molecule has 3 N–H and O–H groups in total. The zero-order valence-electron chi connectivity index (χ0n) is 15.6. The SMILES string of the molecule is CN(C)c1ccc(CC(=O)N2CCC(Nc3ccccc3N)CC2)cc1. The summed E-state index contributed by atoms with van der Waals surface area (Å²) in [4.78, 5) is 16.6. The van der Waals surface area contributed by atoms with Crippen LogP contribution in [-0.2, 0) is 11.2 Å². The highest BCUT2D eigenvalue weighted by molar-refractivity contribution is 5.79. The maximum absolute atomic E-state index is 12.6. The molecule has 138 valence electrons. The summed E-state index contributed by atoms with van der Waals surface area (Å²) in [7, 11) is 4.03. The van der Waals surface area contributed by atoms with Gasteiger partial charge in [-0.1, -0.05) is 24.3 Å². The van der Waals surface area contributed by atoms with E-state index in [0.717, 1.165) is 48.6 Å².